The van der Waals surface area contributed by atoms with E-state index in [0.29, 0.717) is 24.2 Å². The topological polar surface area (TPSA) is 76.0 Å². The minimum Gasteiger partial charge on any atom is -0.466 e. The molecule has 0 spiro atoms. The molecule has 0 bridgehead atoms. The van der Waals surface area contributed by atoms with Crippen LogP contribution in [-0.4, -0.2) is 36.5 Å². The fraction of sp³-hybridized carbons (Fsp3) is 0.273. The normalized spacial score (nSPS) is 21.7. The van der Waals surface area contributed by atoms with Gasteiger partial charge in [0.1, 0.15) is 5.54 Å². The van der Waals surface area contributed by atoms with Crippen molar-refractivity contribution in [2.45, 2.75) is 51.1 Å². The molecular weight excluding hydrogens is 488 g/mol. The summed E-state index contributed by atoms with van der Waals surface area (Å²) >= 11 is 0. The van der Waals surface area contributed by atoms with Crippen LogP contribution in [0.25, 0.3) is 0 Å². The van der Waals surface area contributed by atoms with Crippen LogP contribution < -0.4 is 4.90 Å². The predicted molar refractivity (Wildman–Crippen MR) is 152 cm³/mol. The van der Waals surface area contributed by atoms with E-state index in [0.717, 1.165) is 22.4 Å². The molecule has 2 aliphatic heterocycles. The van der Waals surface area contributed by atoms with Gasteiger partial charge in [0.05, 0.1) is 13.0 Å². The molecule has 3 atom stereocenters. The number of Topliss-reactive ketones (excluding diaryl/α,β-unsaturated/α-hetero) is 1. The van der Waals surface area contributed by atoms with Crippen LogP contribution in [0.1, 0.15) is 60.2 Å². The van der Waals surface area contributed by atoms with E-state index in [2.05, 4.69) is 13.0 Å². The number of aliphatic imine (C=N–C) groups is 1. The summed E-state index contributed by atoms with van der Waals surface area (Å²) in [6.07, 6.45) is 4.49. The highest BCUT2D eigenvalue weighted by molar-refractivity contribution is 6.14. The van der Waals surface area contributed by atoms with Gasteiger partial charge in [-0.15, -0.1) is 0 Å². The van der Waals surface area contributed by atoms with Gasteiger partial charge >= 0.3 is 5.97 Å². The van der Waals surface area contributed by atoms with E-state index in [1.807, 2.05) is 83.8 Å². The molecule has 0 fully saturated rings. The summed E-state index contributed by atoms with van der Waals surface area (Å²) in [6.45, 7) is 5.75. The van der Waals surface area contributed by atoms with Crippen molar-refractivity contribution in [3.8, 4) is 0 Å². The fourth-order valence-corrected chi connectivity index (χ4v) is 5.76. The van der Waals surface area contributed by atoms with Gasteiger partial charge in [0.2, 0.25) is 0 Å². The molecule has 5 rings (SSSR count). The molecule has 0 saturated heterocycles. The molecule has 39 heavy (non-hydrogen) atoms. The lowest BCUT2D eigenvalue weighted by molar-refractivity contribution is -0.142. The Bertz CT molecular complexity index is 1460. The number of hydrogen-bond acceptors (Lipinski definition) is 5. The first-order chi connectivity index (χ1) is 18.8. The summed E-state index contributed by atoms with van der Waals surface area (Å²) in [7, 11) is 0. The second-order valence-corrected chi connectivity index (χ2v) is 10.2. The number of amides is 1. The number of nitrogens with zero attached hydrogens (tertiary/aromatic N) is 2. The molecule has 0 radical (unpaired) electrons. The van der Waals surface area contributed by atoms with Gasteiger partial charge < -0.3 is 9.64 Å². The van der Waals surface area contributed by atoms with Crippen molar-refractivity contribution in [2.75, 3.05) is 11.5 Å². The van der Waals surface area contributed by atoms with Gasteiger partial charge in [-0.2, -0.15) is 0 Å². The van der Waals surface area contributed by atoms with Crippen LogP contribution >= 0.6 is 0 Å². The van der Waals surface area contributed by atoms with Crippen molar-refractivity contribution in [3.63, 3.8) is 0 Å². The average Bonchev–Trinajstić information content (AvgIpc) is 3.40. The Morgan fingerprint density at radius 3 is 2.33 bits per heavy atom. The SMILES string of the molecule is CCOC(=O)Cc1ccc(C2(C3CC(C)N(C(=O)c4ccccc4)c4ccccc43)C=C(C(C)=O)C=N2)cc1. The third kappa shape index (κ3) is 4.94. The van der Waals surface area contributed by atoms with E-state index in [1.165, 1.54) is 0 Å². The molecule has 2 aliphatic rings. The van der Waals surface area contributed by atoms with Gasteiger partial charge in [-0.1, -0.05) is 60.7 Å². The van der Waals surface area contributed by atoms with Crippen molar-refractivity contribution < 1.29 is 19.1 Å². The summed E-state index contributed by atoms with van der Waals surface area (Å²) in [4.78, 5) is 45.0. The number of allylic oxidation sites excluding steroid dienone is 1. The van der Waals surface area contributed by atoms with E-state index in [4.69, 9.17) is 9.73 Å². The van der Waals surface area contributed by atoms with Crippen LogP contribution in [-0.2, 0) is 26.3 Å². The van der Waals surface area contributed by atoms with E-state index in [9.17, 15) is 14.4 Å². The Hall–Kier alpha value is -4.32. The van der Waals surface area contributed by atoms with Gasteiger partial charge in [-0.05, 0) is 68.2 Å². The first-order valence-electron chi connectivity index (χ1n) is 13.4. The monoisotopic (exact) mass is 520 g/mol. The second kappa shape index (κ2) is 10.8. The molecule has 6 heteroatoms. The number of ether oxygens (including phenoxy) is 1. The highest BCUT2D eigenvalue weighted by atomic mass is 16.5. The van der Waals surface area contributed by atoms with Crippen molar-refractivity contribution >= 4 is 29.6 Å². The van der Waals surface area contributed by atoms with Crippen LogP contribution in [0, 0.1) is 0 Å². The van der Waals surface area contributed by atoms with Crippen LogP contribution in [0.5, 0.6) is 0 Å². The number of carbonyl (C=O) groups is 3. The molecule has 3 aromatic carbocycles. The smallest absolute Gasteiger partial charge is 0.310 e. The third-order valence-electron chi connectivity index (χ3n) is 7.63. The van der Waals surface area contributed by atoms with Crippen molar-refractivity contribution in [3.05, 3.63) is 113 Å². The zero-order valence-corrected chi connectivity index (χ0v) is 22.5. The predicted octanol–water partition coefficient (Wildman–Crippen LogP) is 5.81. The molecule has 2 heterocycles. The minimum absolute atomic E-state index is 0.0405. The van der Waals surface area contributed by atoms with Crippen molar-refractivity contribution in [1.29, 1.82) is 0 Å². The van der Waals surface area contributed by atoms with E-state index in [1.54, 1.807) is 20.1 Å². The Morgan fingerprint density at radius 1 is 0.974 bits per heavy atom. The first-order valence-corrected chi connectivity index (χ1v) is 13.4. The van der Waals surface area contributed by atoms with Gasteiger partial charge in [-0.25, -0.2) is 0 Å². The van der Waals surface area contributed by atoms with Crippen LogP contribution in [0.4, 0.5) is 5.69 Å². The Labute approximate surface area is 229 Å². The van der Waals surface area contributed by atoms with Gasteiger partial charge in [0, 0.05) is 35.0 Å². The van der Waals surface area contributed by atoms with Gasteiger partial charge in [-0.3, -0.25) is 19.4 Å². The number of benzene rings is 3. The summed E-state index contributed by atoms with van der Waals surface area (Å²) in [6, 6.07) is 25.0. The number of hydrogen-bond donors (Lipinski definition) is 0. The van der Waals surface area contributed by atoms with Crippen LogP contribution in [0.2, 0.25) is 0 Å². The molecule has 0 saturated carbocycles. The fourth-order valence-electron chi connectivity index (χ4n) is 5.76. The molecule has 6 nitrogen and oxygen atoms in total. The maximum absolute atomic E-state index is 13.7. The second-order valence-electron chi connectivity index (χ2n) is 10.2. The molecule has 0 N–H and O–H groups in total. The average molecular weight is 521 g/mol. The highest BCUT2D eigenvalue weighted by Gasteiger charge is 2.47. The molecule has 3 unspecified atom stereocenters. The quantitative estimate of drug-likeness (QED) is 0.369. The first kappa shape index (κ1) is 26.3. The highest BCUT2D eigenvalue weighted by Crippen LogP contribution is 2.52. The van der Waals surface area contributed by atoms with E-state index >= 15 is 0 Å². The lowest BCUT2D eigenvalue weighted by Gasteiger charge is -2.45. The van der Waals surface area contributed by atoms with Crippen molar-refractivity contribution in [2.24, 2.45) is 4.99 Å². The number of anilines is 1. The van der Waals surface area contributed by atoms with Crippen LogP contribution in [0.3, 0.4) is 0 Å². The number of rotatable bonds is 7. The maximum Gasteiger partial charge on any atom is 0.310 e. The standard InChI is InChI=1S/C33H32N2O4/c1-4-39-31(37)19-24-14-16-27(17-15-24)33(20-26(21-34-33)23(3)36)29-18-22(2)35(30-13-9-8-12-28(29)30)32(38)25-10-6-5-7-11-25/h5-17,20-22,29H,4,18-19H2,1-3H3. The Kier molecular flexibility index (Phi) is 7.29. The Balaban J connectivity index is 1.59. The zero-order valence-electron chi connectivity index (χ0n) is 22.5. The minimum atomic E-state index is -0.824. The number of ketones is 1. The summed E-state index contributed by atoms with van der Waals surface area (Å²) in [5.41, 5.74) is 4.03. The summed E-state index contributed by atoms with van der Waals surface area (Å²) < 4.78 is 5.10. The molecule has 3 aromatic rings. The largest absolute Gasteiger partial charge is 0.466 e. The lowest BCUT2D eigenvalue weighted by atomic mass is 9.69. The van der Waals surface area contributed by atoms with Crippen molar-refractivity contribution in [1.82, 2.24) is 0 Å². The maximum atomic E-state index is 13.7. The Morgan fingerprint density at radius 2 is 1.67 bits per heavy atom. The van der Waals surface area contributed by atoms with Gasteiger partial charge in [0.15, 0.2) is 5.78 Å². The van der Waals surface area contributed by atoms with E-state index < -0.39 is 5.54 Å². The number of carbonyl (C=O) groups excluding carboxylic acids is 3. The number of fused-ring (bicyclic) bond motifs is 1. The number of esters is 1. The van der Waals surface area contributed by atoms with Gasteiger partial charge in [0.25, 0.3) is 5.91 Å². The molecule has 0 aromatic heterocycles. The van der Waals surface area contributed by atoms with E-state index in [-0.39, 0.29) is 36.0 Å². The molecule has 198 valence electrons. The number of para-hydroxylation sites is 1. The third-order valence-corrected chi connectivity index (χ3v) is 7.63. The molecule has 0 aliphatic carbocycles. The summed E-state index contributed by atoms with van der Waals surface area (Å²) in [5, 5.41) is 0. The van der Waals surface area contributed by atoms with Crippen LogP contribution in [0.15, 0.2) is 95.5 Å². The zero-order chi connectivity index (χ0) is 27.6. The summed E-state index contributed by atoms with van der Waals surface area (Å²) in [5.74, 6) is -0.470. The molecule has 1 amide bonds. The lowest BCUT2D eigenvalue weighted by Crippen LogP contribution is -2.46. The molecular formula is C33H32N2O4.